The highest BCUT2D eigenvalue weighted by Crippen LogP contribution is 2.32. The summed E-state index contributed by atoms with van der Waals surface area (Å²) in [5, 5.41) is 14.7. The summed E-state index contributed by atoms with van der Waals surface area (Å²) in [6.45, 7) is 2.07. The van der Waals surface area contributed by atoms with Gasteiger partial charge in [0.05, 0.1) is 6.20 Å². The number of anilines is 2. The maximum absolute atomic E-state index is 6.12. The van der Waals surface area contributed by atoms with Gasteiger partial charge in [0, 0.05) is 48.0 Å². The lowest BCUT2D eigenvalue weighted by Gasteiger charge is -2.06. The van der Waals surface area contributed by atoms with Gasteiger partial charge in [0.25, 0.3) is 5.95 Å². The summed E-state index contributed by atoms with van der Waals surface area (Å²) in [5.74, 6) is 2.17. The second-order valence-electron chi connectivity index (χ2n) is 7.57. The van der Waals surface area contributed by atoms with Gasteiger partial charge in [-0.05, 0) is 24.6 Å². The fourth-order valence-corrected chi connectivity index (χ4v) is 3.61. The van der Waals surface area contributed by atoms with E-state index in [1.807, 2.05) is 36.5 Å². The fourth-order valence-electron chi connectivity index (χ4n) is 3.61. The number of aromatic nitrogens is 7. The van der Waals surface area contributed by atoms with Crippen molar-refractivity contribution in [2.24, 2.45) is 0 Å². The Balaban J connectivity index is 1.47. The molecule has 0 atom stereocenters. The number of aromatic amines is 1. The van der Waals surface area contributed by atoms with Crippen LogP contribution in [-0.2, 0) is 0 Å². The average molecular weight is 434 g/mol. The van der Waals surface area contributed by atoms with Crippen molar-refractivity contribution in [2.45, 2.75) is 6.92 Å². The van der Waals surface area contributed by atoms with Crippen LogP contribution in [0.1, 0.15) is 5.56 Å². The molecule has 0 unspecified atom stereocenters. The molecule has 0 amide bonds. The van der Waals surface area contributed by atoms with Crippen LogP contribution in [0.4, 0.5) is 11.6 Å². The Hall–Kier alpha value is -4.79. The Kier molecular flexibility index (Phi) is 4.43. The van der Waals surface area contributed by atoms with E-state index in [-0.39, 0.29) is 0 Å². The minimum Gasteiger partial charge on any atom is -0.450 e. The molecule has 9 nitrogen and oxygen atoms in total. The highest BCUT2D eigenvalue weighted by atomic mass is 16.3. The van der Waals surface area contributed by atoms with Gasteiger partial charge in [0.15, 0.2) is 17.2 Å². The number of hydrogen-bond acceptors (Lipinski definition) is 7. The molecule has 0 aliphatic rings. The van der Waals surface area contributed by atoms with E-state index in [9.17, 15) is 0 Å². The fraction of sp³-hybridized carbons (Fsp3) is 0.0417. The molecule has 5 heterocycles. The van der Waals surface area contributed by atoms with Crippen LogP contribution in [0.25, 0.3) is 39.5 Å². The second-order valence-corrected chi connectivity index (χ2v) is 7.57. The highest BCUT2D eigenvalue weighted by molar-refractivity contribution is 5.89. The molecule has 0 saturated carbocycles. The molecule has 6 aromatic rings. The summed E-state index contributed by atoms with van der Waals surface area (Å²) < 4.78 is 7.77. The predicted octanol–water partition coefficient (Wildman–Crippen LogP) is 4.91. The molecule has 0 fully saturated rings. The number of pyridine rings is 1. The number of nitrogens with zero attached hydrogens (tertiary/aromatic N) is 6. The summed E-state index contributed by atoms with van der Waals surface area (Å²) in [6.07, 6.45) is 8.91. The summed E-state index contributed by atoms with van der Waals surface area (Å²) in [6, 6.07) is 15.7. The van der Waals surface area contributed by atoms with Crippen molar-refractivity contribution in [3.05, 3.63) is 85.1 Å². The lowest BCUT2D eigenvalue weighted by Crippen LogP contribution is -2.04. The summed E-state index contributed by atoms with van der Waals surface area (Å²) in [4.78, 5) is 13.6. The molecule has 33 heavy (non-hydrogen) atoms. The number of furan rings is 1. The molecule has 0 spiro atoms. The van der Waals surface area contributed by atoms with Gasteiger partial charge in [-0.2, -0.15) is 15.2 Å². The Morgan fingerprint density at radius 1 is 0.970 bits per heavy atom. The van der Waals surface area contributed by atoms with E-state index in [0.717, 1.165) is 16.7 Å². The largest absolute Gasteiger partial charge is 0.450 e. The molecule has 160 valence electrons. The van der Waals surface area contributed by atoms with E-state index >= 15 is 0 Å². The molecule has 9 heteroatoms. The number of H-pyrrole nitrogens is 1. The molecule has 0 aliphatic heterocycles. The SMILES string of the molecule is Cc1cccc(-c2cnn(-c3nc(Nc4cc[nH]n4)c4oc(-c5cccnc5)cc4n3)c2)c1. The van der Waals surface area contributed by atoms with Gasteiger partial charge in [-0.15, -0.1) is 0 Å². The summed E-state index contributed by atoms with van der Waals surface area (Å²) >= 11 is 0. The Bertz CT molecular complexity index is 1550. The van der Waals surface area contributed by atoms with Crippen LogP contribution >= 0.6 is 0 Å². The van der Waals surface area contributed by atoms with Gasteiger partial charge in [-0.25, -0.2) is 9.67 Å². The maximum Gasteiger partial charge on any atom is 0.253 e. The van der Waals surface area contributed by atoms with Crippen molar-refractivity contribution in [3.8, 4) is 28.4 Å². The molecule has 6 rings (SSSR count). The van der Waals surface area contributed by atoms with Gasteiger partial charge in [0.2, 0.25) is 0 Å². The number of rotatable bonds is 5. The van der Waals surface area contributed by atoms with Crippen LogP contribution in [0, 0.1) is 6.92 Å². The molecule has 1 aromatic carbocycles. The Morgan fingerprint density at radius 2 is 1.91 bits per heavy atom. The van der Waals surface area contributed by atoms with Gasteiger partial charge >= 0.3 is 0 Å². The number of aryl methyl sites for hydroxylation is 1. The van der Waals surface area contributed by atoms with E-state index in [1.54, 1.807) is 29.5 Å². The molecular weight excluding hydrogens is 416 g/mol. The van der Waals surface area contributed by atoms with E-state index < -0.39 is 0 Å². The first-order chi connectivity index (χ1) is 16.2. The van der Waals surface area contributed by atoms with Crippen LogP contribution < -0.4 is 5.32 Å². The topological polar surface area (TPSA) is 110 Å². The number of benzene rings is 1. The zero-order chi connectivity index (χ0) is 22.2. The quantitative estimate of drug-likeness (QED) is 0.396. The van der Waals surface area contributed by atoms with Crippen molar-refractivity contribution >= 4 is 22.7 Å². The van der Waals surface area contributed by atoms with Gasteiger partial charge in [-0.3, -0.25) is 10.1 Å². The first-order valence-corrected chi connectivity index (χ1v) is 10.3. The van der Waals surface area contributed by atoms with E-state index in [1.165, 1.54) is 5.56 Å². The third-order valence-corrected chi connectivity index (χ3v) is 5.19. The minimum absolute atomic E-state index is 0.415. The van der Waals surface area contributed by atoms with E-state index in [4.69, 9.17) is 14.4 Å². The molecule has 0 saturated heterocycles. The van der Waals surface area contributed by atoms with Crippen LogP contribution in [-0.4, -0.2) is 34.9 Å². The van der Waals surface area contributed by atoms with Gasteiger partial charge in [-0.1, -0.05) is 29.8 Å². The van der Waals surface area contributed by atoms with Gasteiger partial charge in [0.1, 0.15) is 11.3 Å². The van der Waals surface area contributed by atoms with Crippen LogP contribution in [0.5, 0.6) is 0 Å². The van der Waals surface area contributed by atoms with Crippen LogP contribution in [0.15, 0.2) is 83.9 Å². The third-order valence-electron chi connectivity index (χ3n) is 5.19. The highest BCUT2D eigenvalue weighted by Gasteiger charge is 2.17. The van der Waals surface area contributed by atoms with E-state index in [2.05, 4.69) is 50.7 Å². The van der Waals surface area contributed by atoms with Crippen molar-refractivity contribution in [3.63, 3.8) is 0 Å². The zero-order valence-electron chi connectivity index (χ0n) is 17.6. The molecule has 2 N–H and O–H groups in total. The number of hydrogen-bond donors (Lipinski definition) is 2. The zero-order valence-corrected chi connectivity index (χ0v) is 17.6. The Labute approximate surface area is 188 Å². The molecule has 0 radical (unpaired) electrons. The predicted molar refractivity (Wildman–Crippen MR) is 124 cm³/mol. The second kappa shape index (κ2) is 7.72. The van der Waals surface area contributed by atoms with Crippen molar-refractivity contribution in [2.75, 3.05) is 5.32 Å². The van der Waals surface area contributed by atoms with Crippen molar-refractivity contribution < 1.29 is 4.42 Å². The standard InChI is InChI=1S/C24H18N8O/c1-15-4-2-5-16(10-15)18-13-27-32(14-18)24-28-19-11-20(17-6-3-8-25-12-17)33-22(19)23(30-24)29-21-7-9-26-31-21/h2-14H,1H3,(H2,26,28,29,30,31). The summed E-state index contributed by atoms with van der Waals surface area (Å²) in [7, 11) is 0. The minimum atomic E-state index is 0.415. The number of nitrogens with one attached hydrogen (secondary N) is 2. The normalized spacial score (nSPS) is 11.2. The third kappa shape index (κ3) is 3.61. The van der Waals surface area contributed by atoms with Crippen LogP contribution in [0.2, 0.25) is 0 Å². The lowest BCUT2D eigenvalue weighted by atomic mass is 10.1. The maximum atomic E-state index is 6.12. The van der Waals surface area contributed by atoms with Crippen molar-refractivity contribution in [1.82, 2.24) is 34.9 Å². The molecule has 5 aromatic heterocycles. The lowest BCUT2D eigenvalue weighted by molar-refractivity contribution is 0.629. The van der Waals surface area contributed by atoms with E-state index in [0.29, 0.717) is 34.4 Å². The molecular formula is C24H18N8O. The average Bonchev–Trinajstić information content (AvgIpc) is 3.60. The summed E-state index contributed by atoms with van der Waals surface area (Å²) in [5.41, 5.74) is 5.26. The van der Waals surface area contributed by atoms with Crippen LogP contribution in [0.3, 0.4) is 0 Å². The number of fused-ring (bicyclic) bond motifs is 1. The van der Waals surface area contributed by atoms with Crippen molar-refractivity contribution in [1.29, 1.82) is 0 Å². The Morgan fingerprint density at radius 3 is 2.73 bits per heavy atom. The monoisotopic (exact) mass is 434 g/mol. The first-order valence-electron chi connectivity index (χ1n) is 10.3. The first kappa shape index (κ1) is 18.9. The van der Waals surface area contributed by atoms with Gasteiger partial charge < -0.3 is 9.73 Å². The molecule has 0 bridgehead atoms. The smallest absolute Gasteiger partial charge is 0.253 e. The molecule has 0 aliphatic carbocycles.